The largest absolute Gasteiger partial charge is 0.497 e. The molecule has 2 aromatic rings. The van der Waals surface area contributed by atoms with E-state index in [9.17, 15) is 0 Å². The first-order chi connectivity index (χ1) is 10.6. The molecule has 116 valence electrons. The quantitative estimate of drug-likeness (QED) is 0.820. The zero-order chi connectivity index (χ0) is 15.9. The van der Waals surface area contributed by atoms with Gasteiger partial charge in [0.15, 0.2) is 5.11 Å². The molecule has 7 heteroatoms. The molecule has 0 aliphatic carbocycles. The molecule has 1 heterocycles. The van der Waals surface area contributed by atoms with Crippen molar-refractivity contribution in [2.24, 2.45) is 0 Å². The van der Waals surface area contributed by atoms with Crippen LogP contribution in [0.5, 0.6) is 11.6 Å². The van der Waals surface area contributed by atoms with E-state index in [0.717, 1.165) is 17.0 Å². The fraction of sp³-hybridized carbons (Fsp3) is 0.267. The lowest BCUT2D eigenvalue weighted by Gasteiger charge is -2.11. The van der Waals surface area contributed by atoms with Crippen LogP contribution in [0.3, 0.4) is 0 Å². The highest BCUT2D eigenvalue weighted by Crippen LogP contribution is 2.12. The maximum absolute atomic E-state index is 5.24. The van der Waals surface area contributed by atoms with Gasteiger partial charge in [-0.1, -0.05) is 12.1 Å². The Morgan fingerprint density at radius 2 is 1.86 bits per heavy atom. The van der Waals surface area contributed by atoms with Gasteiger partial charge >= 0.3 is 0 Å². The van der Waals surface area contributed by atoms with Gasteiger partial charge in [0.25, 0.3) is 0 Å². The van der Waals surface area contributed by atoms with Crippen molar-refractivity contribution in [1.29, 1.82) is 0 Å². The molecule has 0 aliphatic rings. The molecule has 0 spiro atoms. The van der Waals surface area contributed by atoms with E-state index in [1.807, 2.05) is 31.2 Å². The van der Waals surface area contributed by atoms with Crippen LogP contribution in [0, 0.1) is 6.92 Å². The summed E-state index contributed by atoms with van der Waals surface area (Å²) in [4.78, 5) is 8.43. The van der Waals surface area contributed by atoms with E-state index in [-0.39, 0.29) is 0 Å². The molecule has 0 unspecified atom stereocenters. The highest BCUT2D eigenvalue weighted by Gasteiger charge is 2.04. The molecular weight excluding hydrogens is 300 g/mol. The summed E-state index contributed by atoms with van der Waals surface area (Å²) in [7, 11) is 3.20. The first kappa shape index (κ1) is 16.0. The molecule has 0 radical (unpaired) electrons. The third-order valence-electron chi connectivity index (χ3n) is 2.88. The predicted molar refractivity (Wildman–Crippen MR) is 89.4 cm³/mol. The molecule has 1 aromatic heterocycles. The van der Waals surface area contributed by atoms with Crippen molar-refractivity contribution < 1.29 is 9.47 Å². The van der Waals surface area contributed by atoms with Crippen LogP contribution < -0.4 is 20.1 Å². The van der Waals surface area contributed by atoms with Crippen molar-refractivity contribution in [3.63, 3.8) is 0 Å². The summed E-state index contributed by atoms with van der Waals surface area (Å²) in [5.41, 5.74) is 1.89. The fourth-order valence-corrected chi connectivity index (χ4v) is 1.94. The molecule has 22 heavy (non-hydrogen) atoms. The maximum Gasteiger partial charge on any atom is 0.232 e. The normalized spacial score (nSPS) is 9.95. The Morgan fingerprint density at radius 1 is 1.14 bits per heavy atom. The average Bonchev–Trinajstić information content (AvgIpc) is 2.52. The van der Waals surface area contributed by atoms with Crippen LogP contribution in [0.2, 0.25) is 0 Å². The molecule has 0 amide bonds. The molecule has 0 saturated heterocycles. The van der Waals surface area contributed by atoms with E-state index in [4.69, 9.17) is 21.7 Å². The standard InChI is InChI=1S/C15H18N4O2S/c1-10-8-13(21-3)18-14(17-10)19-15(22)16-9-11-4-6-12(20-2)7-5-11/h4-8H,9H2,1-3H3,(H2,16,17,18,19,22). The van der Waals surface area contributed by atoms with Crippen LogP contribution in [-0.4, -0.2) is 29.3 Å². The average molecular weight is 318 g/mol. The first-order valence-corrected chi connectivity index (χ1v) is 7.09. The number of thiocarbonyl (C=S) groups is 1. The van der Waals surface area contributed by atoms with Crippen LogP contribution in [0.25, 0.3) is 0 Å². The highest BCUT2D eigenvalue weighted by molar-refractivity contribution is 7.80. The van der Waals surface area contributed by atoms with Crippen molar-refractivity contribution >= 4 is 23.3 Å². The number of hydrogen-bond acceptors (Lipinski definition) is 5. The zero-order valence-electron chi connectivity index (χ0n) is 12.7. The Labute approximate surface area is 134 Å². The van der Waals surface area contributed by atoms with Crippen LogP contribution in [-0.2, 0) is 6.54 Å². The number of aromatic nitrogens is 2. The van der Waals surface area contributed by atoms with Gasteiger partial charge in [0.2, 0.25) is 11.8 Å². The van der Waals surface area contributed by atoms with E-state index in [1.54, 1.807) is 20.3 Å². The SMILES string of the molecule is COc1ccc(CNC(=S)Nc2nc(C)cc(OC)n2)cc1. The minimum absolute atomic E-state index is 0.407. The second-order valence-electron chi connectivity index (χ2n) is 4.53. The number of nitrogens with zero attached hydrogens (tertiary/aromatic N) is 2. The van der Waals surface area contributed by atoms with Crippen LogP contribution >= 0.6 is 12.2 Å². The number of methoxy groups -OCH3 is 2. The molecule has 0 fully saturated rings. The van der Waals surface area contributed by atoms with Gasteiger partial charge in [-0.2, -0.15) is 4.98 Å². The lowest BCUT2D eigenvalue weighted by atomic mass is 10.2. The van der Waals surface area contributed by atoms with Gasteiger partial charge < -0.3 is 20.1 Å². The molecule has 1 aromatic carbocycles. The Bertz CT molecular complexity index is 646. The van der Waals surface area contributed by atoms with Crippen LogP contribution in [0.15, 0.2) is 30.3 Å². The van der Waals surface area contributed by atoms with Crippen molar-refractivity contribution in [1.82, 2.24) is 15.3 Å². The Hall–Kier alpha value is -2.41. The highest BCUT2D eigenvalue weighted by atomic mass is 32.1. The van der Waals surface area contributed by atoms with Gasteiger partial charge in [-0.15, -0.1) is 0 Å². The van der Waals surface area contributed by atoms with Gasteiger partial charge in [0.1, 0.15) is 5.75 Å². The van der Waals surface area contributed by atoms with E-state index in [2.05, 4.69) is 20.6 Å². The zero-order valence-corrected chi connectivity index (χ0v) is 13.5. The molecule has 2 N–H and O–H groups in total. The van der Waals surface area contributed by atoms with Crippen LogP contribution in [0.4, 0.5) is 5.95 Å². The van der Waals surface area contributed by atoms with E-state index in [0.29, 0.717) is 23.5 Å². The Morgan fingerprint density at radius 3 is 2.50 bits per heavy atom. The van der Waals surface area contributed by atoms with Gasteiger partial charge in [0.05, 0.1) is 14.2 Å². The van der Waals surface area contributed by atoms with Crippen molar-refractivity contribution in [2.75, 3.05) is 19.5 Å². The Balaban J connectivity index is 1.91. The van der Waals surface area contributed by atoms with E-state index < -0.39 is 0 Å². The number of ether oxygens (including phenoxy) is 2. The molecule has 6 nitrogen and oxygen atoms in total. The lowest BCUT2D eigenvalue weighted by Crippen LogP contribution is -2.28. The number of benzene rings is 1. The number of anilines is 1. The smallest absolute Gasteiger partial charge is 0.232 e. The number of aryl methyl sites for hydroxylation is 1. The topological polar surface area (TPSA) is 68.3 Å². The van der Waals surface area contributed by atoms with Crippen LogP contribution in [0.1, 0.15) is 11.3 Å². The minimum Gasteiger partial charge on any atom is -0.497 e. The summed E-state index contributed by atoms with van der Waals surface area (Å²) in [6, 6.07) is 9.50. The maximum atomic E-state index is 5.24. The van der Waals surface area contributed by atoms with E-state index >= 15 is 0 Å². The molecule has 0 bridgehead atoms. The molecule has 0 aliphatic heterocycles. The van der Waals surface area contributed by atoms with Gasteiger partial charge in [-0.05, 0) is 36.8 Å². The van der Waals surface area contributed by atoms with Gasteiger partial charge in [-0.25, -0.2) is 4.98 Å². The summed E-state index contributed by atoms with van der Waals surface area (Å²) in [5, 5.41) is 6.49. The Kier molecular flexibility index (Phi) is 5.48. The molecule has 2 rings (SSSR count). The third kappa shape index (κ3) is 4.56. The van der Waals surface area contributed by atoms with Crippen molar-refractivity contribution in [3.05, 3.63) is 41.6 Å². The summed E-state index contributed by atoms with van der Waals surface area (Å²) in [5.74, 6) is 1.72. The number of hydrogen-bond donors (Lipinski definition) is 2. The predicted octanol–water partition coefficient (Wildman–Crippen LogP) is 2.29. The van der Waals surface area contributed by atoms with Gasteiger partial charge in [-0.3, -0.25) is 0 Å². The lowest BCUT2D eigenvalue weighted by molar-refractivity contribution is 0.397. The third-order valence-corrected chi connectivity index (χ3v) is 3.12. The summed E-state index contributed by atoms with van der Waals surface area (Å²) in [6.07, 6.45) is 0. The molecule has 0 atom stereocenters. The molecule has 0 saturated carbocycles. The van der Waals surface area contributed by atoms with Crippen molar-refractivity contribution in [2.45, 2.75) is 13.5 Å². The molecular formula is C15H18N4O2S. The summed E-state index contributed by atoms with van der Waals surface area (Å²) in [6.45, 7) is 2.46. The monoisotopic (exact) mass is 318 g/mol. The second kappa shape index (κ2) is 7.56. The fourth-order valence-electron chi connectivity index (χ4n) is 1.77. The first-order valence-electron chi connectivity index (χ1n) is 6.68. The number of nitrogens with one attached hydrogen (secondary N) is 2. The minimum atomic E-state index is 0.407. The summed E-state index contributed by atoms with van der Waals surface area (Å²) < 4.78 is 10.2. The van der Waals surface area contributed by atoms with Gasteiger partial charge in [0, 0.05) is 18.3 Å². The van der Waals surface area contributed by atoms with E-state index in [1.165, 1.54) is 0 Å². The number of rotatable bonds is 5. The second-order valence-corrected chi connectivity index (χ2v) is 4.94. The summed E-state index contributed by atoms with van der Waals surface area (Å²) >= 11 is 5.24. The van der Waals surface area contributed by atoms with Crippen molar-refractivity contribution in [3.8, 4) is 11.6 Å².